The number of hydrogen-bond donors (Lipinski definition) is 2. The van der Waals surface area contributed by atoms with Crippen molar-refractivity contribution in [3.8, 4) is 0 Å². The normalized spacial score (nSPS) is 23.7. The van der Waals surface area contributed by atoms with Crippen LogP contribution in [0.15, 0.2) is 18.5 Å². The van der Waals surface area contributed by atoms with Crippen molar-refractivity contribution in [1.82, 2.24) is 10.3 Å². The Morgan fingerprint density at radius 3 is 3.00 bits per heavy atom. The highest BCUT2D eigenvalue weighted by Crippen LogP contribution is 2.23. The Bertz CT molecular complexity index is 425. The third-order valence-corrected chi connectivity index (χ3v) is 3.74. The first-order valence-electron chi connectivity index (χ1n) is 6.24. The van der Waals surface area contributed by atoms with Gasteiger partial charge in [0.2, 0.25) is 0 Å². The number of amides is 1. The van der Waals surface area contributed by atoms with Gasteiger partial charge in [0.1, 0.15) is 0 Å². The molecule has 1 aromatic heterocycles. The second kappa shape index (κ2) is 6.16. The van der Waals surface area contributed by atoms with Gasteiger partial charge in [0.05, 0.1) is 16.7 Å². The van der Waals surface area contributed by atoms with Crippen LogP contribution in [0, 0.1) is 5.92 Å². The molecule has 4 nitrogen and oxygen atoms in total. The topological polar surface area (TPSA) is 62.2 Å². The van der Waals surface area contributed by atoms with Gasteiger partial charge in [-0.2, -0.15) is 0 Å². The first-order chi connectivity index (χ1) is 8.68. The predicted octanol–water partition coefficient (Wildman–Crippen LogP) is 2.02. The lowest BCUT2D eigenvalue weighted by Crippen LogP contribution is -2.36. The molecule has 5 heteroatoms. The molecule has 0 aromatic carbocycles. The summed E-state index contributed by atoms with van der Waals surface area (Å²) in [6.07, 6.45) is 6.67. The molecule has 1 saturated carbocycles. The van der Waals surface area contributed by atoms with E-state index in [1.165, 1.54) is 6.20 Å². The first-order valence-corrected chi connectivity index (χ1v) is 6.62. The van der Waals surface area contributed by atoms with Crippen molar-refractivity contribution in [2.75, 3.05) is 6.54 Å². The predicted molar refractivity (Wildman–Crippen MR) is 69.5 cm³/mol. The van der Waals surface area contributed by atoms with Crippen LogP contribution in [-0.2, 0) is 0 Å². The van der Waals surface area contributed by atoms with Crippen LogP contribution in [0.2, 0.25) is 5.02 Å². The minimum Gasteiger partial charge on any atom is -0.393 e. The summed E-state index contributed by atoms with van der Waals surface area (Å²) in [7, 11) is 0. The molecule has 2 atom stereocenters. The van der Waals surface area contributed by atoms with E-state index in [4.69, 9.17) is 11.6 Å². The molecule has 1 aliphatic rings. The van der Waals surface area contributed by atoms with Crippen LogP contribution < -0.4 is 5.32 Å². The largest absolute Gasteiger partial charge is 0.393 e. The number of aliphatic hydroxyl groups excluding tert-OH is 1. The van der Waals surface area contributed by atoms with Gasteiger partial charge >= 0.3 is 0 Å². The molecule has 0 radical (unpaired) electrons. The summed E-state index contributed by atoms with van der Waals surface area (Å²) in [6, 6.07) is 1.59. The third kappa shape index (κ3) is 3.21. The zero-order chi connectivity index (χ0) is 13.0. The summed E-state index contributed by atoms with van der Waals surface area (Å²) in [5.74, 6) is -0.0796. The molecule has 1 aliphatic carbocycles. The van der Waals surface area contributed by atoms with Crippen LogP contribution >= 0.6 is 11.6 Å². The van der Waals surface area contributed by atoms with E-state index in [9.17, 15) is 9.90 Å². The van der Waals surface area contributed by atoms with Gasteiger partial charge in [0.15, 0.2) is 0 Å². The average Bonchev–Trinajstić information content (AvgIpc) is 2.38. The Morgan fingerprint density at radius 1 is 1.50 bits per heavy atom. The fraction of sp³-hybridized carbons (Fsp3) is 0.538. The molecule has 2 rings (SSSR count). The molecule has 1 heterocycles. The Morgan fingerprint density at radius 2 is 2.28 bits per heavy atom. The van der Waals surface area contributed by atoms with Crippen molar-refractivity contribution in [2.24, 2.45) is 5.92 Å². The van der Waals surface area contributed by atoms with E-state index >= 15 is 0 Å². The summed E-state index contributed by atoms with van der Waals surface area (Å²) >= 11 is 5.92. The zero-order valence-electron chi connectivity index (χ0n) is 10.1. The van der Waals surface area contributed by atoms with E-state index in [2.05, 4.69) is 10.3 Å². The second-order valence-corrected chi connectivity index (χ2v) is 5.08. The minimum absolute atomic E-state index is 0.151. The maximum absolute atomic E-state index is 11.9. The molecule has 0 spiro atoms. The highest BCUT2D eigenvalue weighted by Gasteiger charge is 2.23. The Kier molecular flexibility index (Phi) is 4.55. The molecule has 2 N–H and O–H groups in total. The van der Waals surface area contributed by atoms with Gasteiger partial charge in [-0.3, -0.25) is 9.78 Å². The van der Waals surface area contributed by atoms with Gasteiger partial charge in [0.25, 0.3) is 5.91 Å². The van der Waals surface area contributed by atoms with E-state index in [0.717, 1.165) is 25.7 Å². The Labute approximate surface area is 111 Å². The molecule has 98 valence electrons. The number of carbonyl (C=O) groups is 1. The molecule has 0 bridgehead atoms. The van der Waals surface area contributed by atoms with E-state index in [1.807, 2.05) is 0 Å². The Hall–Kier alpha value is -1.13. The van der Waals surface area contributed by atoms with Gasteiger partial charge in [-0.25, -0.2) is 0 Å². The van der Waals surface area contributed by atoms with Crippen molar-refractivity contribution in [1.29, 1.82) is 0 Å². The monoisotopic (exact) mass is 268 g/mol. The number of aliphatic hydroxyl groups is 1. The summed E-state index contributed by atoms with van der Waals surface area (Å²) in [4.78, 5) is 15.8. The van der Waals surface area contributed by atoms with Crippen LogP contribution in [0.25, 0.3) is 0 Å². The van der Waals surface area contributed by atoms with Crippen molar-refractivity contribution in [3.63, 3.8) is 0 Å². The minimum atomic E-state index is -0.302. The average molecular weight is 269 g/mol. The van der Waals surface area contributed by atoms with Gasteiger partial charge in [0, 0.05) is 24.9 Å². The summed E-state index contributed by atoms with van der Waals surface area (Å²) in [6.45, 7) is 0.491. The number of aromatic nitrogens is 1. The molecular formula is C13H17ClN2O2. The molecule has 0 aliphatic heterocycles. The number of halogens is 1. The van der Waals surface area contributed by atoms with Crippen LogP contribution in [0.3, 0.4) is 0 Å². The summed E-state index contributed by atoms with van der Waals surface area (Å²) in [5.41, 5.74) is 0.379. The van der Waals surface area contributed by atoms with Crippen molar-refractivity contribution in [3.05, 3.63) is 29.0 Å². The number of nitrogens with one attached hydrogen (secondary N) is 1. The molecule has 1 fully saturated rings. The molecule has 2 unspecified atom stereocenters. The highest BCUT2D eigenvalue weighted by molar-refractivity contribution is 6.33. The molecule has 18 heavy (non-hydrogen) atoms. The van der Waals surface area contributed by atoms with Crippen LogP contribution in [0.5, 0.6) is 0 Å². The standard InChI is InChI=1S/C13H17ClN2O2/c14-11-5-6-15-8-10(11)13(18)16-7-9-3-1-2-4-12(9)17/h5-6,8-9,12,17H,1-4,7H2,(H,16,18). The van der Waals surface area contributed by atoms with Crippen LogP contribution in [-0.4, -0.2) is 28.6 Å². The molecular weight excluding hydrogens is 252 g/mol. The molecule has 0 saturated heterocycles. The number of pyridine rings is 1. The number of rotatable bonds is 3. The van der Waals surface area contributed by atoms with E-state index in [1.54, 1.807) is 12.3 Å². The zero-order valence-corrected chi connectivity index (χ0v) is 10.9. The van der Waals surface area contributed by atoms with E-state index < -0.39 is 0 Å². The second-order valence-electron chi connectivity index (χ2n) is 4.68. The molecule has 1 aromatic rings. The number of nitrogens with zero attached hydrogens (tertiary/aromatic N) is 1. The fourth-order valence-electron chi connectivity index (χ4n) is 2.29. The Balaban J connectivity index is 1.90. The van der Waals surface area contributed by atoms with Gasteiger partial charge in [-0.05, 0) is 18.9 Å². The summed E-state index contributed by atoms with van der Waals surface area (Å²) < 4.78 is 0. The van der Waals surface area contributed by atoms with Gasteiger partial charge in [-0.15, -0.1) is 0 Å². The quantitative estimate of drug-likeness (QED) is 0.882. The lowest BCUT2D eigenvalue weighted by Gasteiger charge is -2.27. The van der Waals surface area contributed by atoms with Crippen LogP contribution in [0.4, 0.5) is 0 Å². The maximum atomic E-state index is 11.9. The third-order valence-electron chi connectivity index (χ3n) is 3.41. The SMILES string of the molecule is O=C(NCC1CCCCC1O)c1cnccc1Cl. The van der Waals surface area contributed by atoms with E-state index in [-0.39, 0.29) is 17.9 Å². The van der Waals surface area contributed by atoms with E-state index in [0.29, 0.717) is 17.1 Å². The highest BCUT2D eigenvalue weighted by atomic mass is 35.5. The smallest absolute Gasteiger partial charge is 0.254 e. The number of carbonyl (C=O) groups excluding carboxylic acids is 1. The van der Waals surface area contributed by atoms with Gasteiger partial charge in [-0.1, -0.05) is 24.4 Å². The molecule has 1 amide bonds. The van der Waals surface area contributed by atoms with Gasteiger partial charge < -0.3 is 10.4 Å². The maximum Gasteiger partial charge on any atom is 0.254 e. The number of hydrogen-bond acceptors (Lipinski definition) is 3. The van der Waals surface area contributed by atoms with Crippen molar-refractivity contribution in [2.45, 2.75) is 31.8 Å². The van der Waals surface area contributed by atoms with Crippen molar-refractivity contribution >= 4 is 17.5 Å². The fourth-order valence-corrected chi connectivity index (χ4v) is 2.48. The van der Waals surface area contributed by atoms with Crippen molar-refractivity contribution < 1.29 is 9.90 Å². The first kappa shape index (κ1) is 13.3. The lowest BCUT2D eigenvalue weighted by atomic mass is 9.86. The lowest BCUT2D eigenvalue weighted by molar-refractivity contribution is 0.0663. The van der Waals surface area contributed by atoms with Crippen LogP contribution in [0.1, 0.15) is 36.0 Å². The summed E-state index contributed by atoms with van der Waals surface area (Å²) in [5, 5.41) is 13.0.